The van der Waals surface area contributed by atoms with Crippen molar-refractivity contribution in [3.05, 3.63) is 86.5 Å². The Balaban J connectivity index is 1.24. The van der Waals surface area contributed by atoms with Gasteiger partial charge in [-0.15, -0.1) is 21.5 Å². The number of hydrogen-bond donors (Lipinski definition) is 1. The van der Waals surface area contributed by atoms with Crippen LogP contribution in [0.15, 0.2) is 69.7 Å². The number of ether oxygens (including phenoxy) is 2. The number of carbonyl (C=O) groups excluding carboxylic acids is 1. The average molecular weight is 617 g/mol. The zero-order valence-corrected chi connectivity index (χ0v) is 24.5. The first-order valence-corrected chi connectivity index (χ1v) is 14.6. The molecule has 0 saturated carbocycles. The second-order valence-electron chi connectivity index (χ2n) is 8.33. The van der Waals surface area contributed by atoms with Crippen molar-refractivity contribution in [3.63, 3.8) is 0 Å². The van der Waals surface area contributed by atoms with E-state index >= 15 is 0 Å². The molecule has 40 heavy (non-hydrogen) atoms. The van der Waals surface area contributed by atoms with E-state index in [1.165, 1.54) is 23.1 Å². The number of benzene rings is 2. The van der Waals surface area contributed by atoms with Crippen LogP contribution >= 0.6 is 46.3 Å². The number of rotatable bonds is 11. The Bertz CT molecular complexity index is 1620. The van der Waals surface area contributed by atoms with E-state index in [2.05, 4.69) is 20.5 Å². The third-order valence-electron chi connectivity index (χ3n) is 5.78. The number of methoxy groups -OCH3 is 2. The Morgan fingerprint density at radius 1 is 1.10 bits per heavy atom. The number of carbonyl (C=O) groups is 1. The van der Waals surface area contributed by atoms with E-state index in [4.69, 9.17) is 37.1 Å². The Morgan fingerprint density at radius 2 is 1.95 bits per heavy atom. The van der Waals surface area contributed by atoms with Gasteiger partial charge in [0.25, 0.3) is 5.91 Å². The predicted octanol–water partition coefficient (Wildman–Crippen LogP) is 6.57. The van der Waals surface area contributed by atoms with Crippen molar-refractivity contribution >= 4 is 52.2 Å². The summed E-state index contributed by atoms with van der Waals surface area (Å²) in [7, 11) is 3.19. The monoisotopic (exact) mass is 615 g/mol. The molecule has 0 fully saturated rings. The molecule has 3 heterocycles. The fraction of sp³-hybridized carbons (Fsp3) is 0.185. The summed E-state index contributed by atoms with van der Waals surface area (Å²) < 4.78 is 18.0. The Morgan fingerprint density at radius 3 is 2.70 bits per heavy atom. The van der Waals surface area contributed by atoms with Gasteiger partial charge in [0.1, 0.15) is 10.7 Å². The van der Waals surface area contributed by atoms with E-state index in [9.17, 15) is 4.79 Å². The van der Waals surface area contributed by atoms with Crippen LogP contribution in [0.3, 0.4) is 0 Å². The van der Waals surface area contributed by atoms with Gasteiger partial charge in [0, 0.05) is 16.9 Å². The number of aromatic nitrogens is 4. The van der Waals surface area contributed by atoms with E-state index < -0.39 is 0 Å². The minimum absolute atomic E-state index is 0.232. The lowest BCUT2D eigenvalue weighted by atomic mass is 10.1. The number of halogens is 2. The number of nitrogens with one attached hydrogen (secondary N) is 1. The van der Waals surface area contributed by atoms with Crippen molar-refractivity contribution in [2.45, 2.75) is 17.3 Å². The van der Waals surface area contributed by atoms with Crippen molar-refractivity contribution in [2.24, 2.45) is 0 Å². The van der Waals surface area contributed by atoms with Gasteiger partial charge in [-0.1, -0.05) is 41.0 Å². The van der Waals surface area contributed by atoms with Gasteiger partial charge in [-0.2, -0.15) is 0 Å². The van der Waals surface area contributed by atoms with E-state index in [1.54, 1.807) is 56.2 Å². The highest BCUT2D eigenvalue weighted by Crippen LogP contribution is 2.34. The molecule has 9 nitrogen and oxygen atoms in total. The number of thiazole rings is 1. The van der Waals surface area contributed by atoms with Crippen LogP contribution in [0.25, 0.3) is 17.3 Å². The molecular formula is C27H23Cl2N5O4S2. The van der Waals surface area contributed by atoms with Crippen LogP contribution in [0.5, 0.6) is 11.5 Å². The van der Waals surface area contributed by atoms with Gasteiger partial charge >= 0.3 is 0 Å². The van der Waals surface area contributed by atoms with Gasteiger partial charge in [-0.3, -0.25) is 9.36 Å². The lowest BCUT2D eigenvalue weighted by molar-refractivity contribution is 0.0949. The summed E-state index contributed by atoms with van der Waals surface area (Å²) in [5, 5.41) is 15.7. The maximum Gasteiger partial charge on any atom is 0.270 e. The minimum atomic E-state index is -0.232. The van der Waals surface area contributed by atoms with Crippen LogP contribution in [0, 0.1) is 0 Å². The molecule has 3 aromatic heterocycles. The number of nitrogens with zero attached hydrogens (tertiary/aromatic N) is 4. The molecule has 0 radical (unpaired) electrons. The second kappa shape index (κ2) is 12.8. The molecule has 0 aliphatic rings. The molecule has 5 rings (SSSR count). The van der Waals surface area contributed by atoms with Crippen molar-refractivity contribution in [2.75, 3.05) is 20.8 Å². The van der Waals surface area contributed by atoms with Gasteiger partial charge in [0.2, 0.25) is 5.82 Å². The molecule has 206 valence electrons. The first kappa shape index (κ1) is 28.0. The van der Waals surface area contributed by atoms with Crippen LogP contribution in [-0.2, 0) is 12.2 Å². The number of thioether (sulfide) groups is 1. The molecule has 0 saturated heterocycles. The van der Waals surface area contributed by atoms with Gasteiger partial charge < -0.3 is 19.2 Å². The van der Waals surface area contributed by atoms with Gasteiger partial charge in [-0.25, -0.2) is 4.98 Å². The number of hydrogen-bond acceptors (Lipinski definition) is 9. The predicted molar refractivity (Wildman–Crippen MR) is 156 cm³/mol. The van der Waals surface area contributed by atoms with E-state index in [1.807, 2.05) is 22.8 Å². The highest BCUT2D eigenvalue weighted by atomic mass is 35.5. The first-order valence-electron chi connectivity index (χ1n) is 12.0. The summed E-state index contributed by atoms with van der Waals surface area (Å²) in [4.78, 5) is 17.2. The van der Waals surface area contributed by atoms with Gasteiger partial charge in [-0.05, 0) is 54.4 Å². The van der Waals surface area contributed by atoms with Crippen molar-refractivity contribution in [1.82, 2.24) is 25.1 Å². The molecule has 1 amide bonds. The van der Waals surface area contributed by atoms with Gasteiger partial charge in [0.15, 0.2) is 22.4 Å². The molecule has 0 aliphatic heterocycles. The summed E-state index contributed by atoms with van der Waals surface area (Å²) in [6, 6.07) is 14.5. The minimum Gasteiger partial charge on any atom is -0.493 e. The normalized spacial score (nSPS) is 11.0. The van der Waals surface area contributed by atoms with Crippen molar-refractivity contribution in [3.8, 4) is 28.8 Å². The number of amides is 1. The molecule has 0 aliphatic carbocycles. The highest BCUT2D eigenvalue weighted by Gasteiger charge is 2.21. The molecule has 2 aromatic carbocycles. The third-order valence-corrected chi connectivity index (χ3v) is 8.29. The van der Waals surface area contributed by atoms with Gasteiger partial charge in [0.05, 0.1) is 36.9 Å². The largest absolute Gasteiger partial charge is 0.493 e. The topological polar surface area (TPSA) is 104 Å². The van der Waals surface area contributed by atoms with E-state index in [-0.39, 0.29) is 5.91 Å². The smallest absolute Gasteiger partial charge is 0.270 e. The summed E-state index contributed by atoms with van der Waals surface area (Å²) in [5.41, 5.74) is 2.05. The average Bonchev–Trinajstić information content (AvgIpc) is 3.73. The SMILES string of the molecule is COc1ccc(CCNC(=O)c2csc(CSc3nnc(-c4ccco4)n3-c3ccc(Cl)cc3Cl)n2)cc1OC. The fourth-order valence-corrected chi connectivity index (χ4v) is 6.09. The van der Waals surface area contributed by atoms with Crippen LogP contribution in [0.4, 0.5) is 0 Å². The molecule has 0 spiro atoms. The van der Waals surface area contributed by atoms with Crippen molar-refractivity contribution in [1.29, 1.82) is 0 Å². The van der Waals surface area contributed by atoms with Crippen LogP contribution in [-0.4, -0.2) is 46.4 Å². The maximum absolute atomic E-state index is 12.7. The fourth-order valence-electron chi connectivity index (χ4n) is 3.86. The molecular weight excluding hydrogens is 593 g/mol. The summed E-state index contributed by atoms with van der Waals surface area (Å²) in [5.74, 6) is 2.61. The van der Waals surface area contributed by atoms with E-state index in [0.717, 1.165) is 10.6 Å². The second-order valence-corrected chi connectivity index (χ2v) is 11.1. The molecule has 0 unspecified atom stereocenters. The van der Waals surface area contributed by atoms with Crippen LogP contribution in [0.2, 0.25) is 10.0 Å². The summed E-state index contributed by atoms with van der Waals surface area (Å²) in [6.45, 7) is 0.455. The van der Waals surface area contributed by atoms with Crippen LogP contribution in [0.1, 0.15) is 21.1 Å². The zero-order chi connectivity index (χ0) is 28.1. The first-order chi connectivity index (χ1) is 19.5. The van der Waals surface area contributed by atoms with E-state index in [0.29, 0.717) is 68.4 Å². The summed E-state index contributed by atoms with van der Waals surface area (Å²) >= 11 is 15.5. The number of furan rings is 1. The summed E-state index contributed by atoms with van der Waals surface area (Å²) in [6.07, 6.45) is 2.21. The maximum atomic E-state index is 12.7. The quantitative estimate of drug-likeness (QED) is 0.166. The lowest BCUT2D eigenvalue weighted by Gasteiger charge is -2.11. The van der Waals surface area contributed by atoms with Crippen LogP contribution < -0.4 is 14.8 Å². The molecule has 0 bridgehead atoms. The van der Waals surface area contributed by atoms with Crippen molar-refractivity contribution < 1.29 is 18.7 Å². The Kier molecular flexibility index (Phi) is 8.95. The standard InChI is InChI=1S/C27H23Cl2N5O4S2/c1-36-21-8-5-16(12-23(21)37-2)9-10-30-26(35)19-14-39-24(31-19)15-40-27-33-32-25(22-4-3-11-38-22)34(27)20-7-6-17(28)13-18(20)29/h3-8,11-14H,9-10,15H2,1-2H3,(H,30,35). The zero-order valence-electron chi connectivity index (χ0n) is 21.4. The highest BCUT2D eigenvalue weighted by molar-refractivity contribution is 7.98. The lowest BCUT2D eigenvalue weighted by Crippen LogP contribution is -2.26. The molecule has 13 heteroatoms. The molecule has 0 atom stereocenters. The third kappa shape index (κ3) is 6.28. The molecule has 1 N–H and O–H groups in total. The molecule has 5 aromatic rings. The Hall–Kier alpha value is -3.51. The Labute approximate surface area is 248 Å².